The predicted octanol–water partition coefficient (Wildman–Crippen LogP) is 3.19. The van der Waals surface area contributed by atoms with E-state index in [-0.39, 0.29) is 0 Å². The monoisotopic (exact) mass is 296 g/mol. The molecule has 4 nitrogen and oxygen atoms in total. The van der Waals surface area contributed by atoms with Crippen molar-refractivity contribution in [1.82, 2.24) is 4.90 Å². The number of nitrogen functional groups attached to an aromatic ring is 1. The van der Waals surface area contributed by atoms with Gasteiger partial charge in [-0.15, -0.1) is 0 Å². The van der Waals surface area contributed by atoms with E-state index in [1.807, 2.05) is 32.0 Å². The van der Waals surface area contributed by atoms with Crippen LogP contribution in [0.2, 0.25) is 0 Å². The summed E-state index contributed by atoms with van der Waals surface area (Å²) in [6.07, 6.45) is 8.00. The molecule has 4 heteroatoms. The van der Waals surface area contributed by atoms with E-state index in [1.165, 1.54) is 12.0 Å². The fourth-order valence-corrected chi connectivity index (χ4v) is 3.15. The highest BCUT2D eigenvalue weighted by molar-refractivity contribution is 5.84. The van der Waals surface area contributed by atoms with Crippen LogP contribution in [0.4, 0.5) is 11.4 Å². The van der Waals surface area contributed by atoms with Crippen molar-refractivity contribution in [3.8, 4) is 0 Å². The van der Waals surface area contributed by atoms with Gasteiger partial charge in [0, 0.05) is 18.8 Å². The second-order valence-electron chi connectivity index (χ2n) is 5.85. The van der Waals surface area contributed by atoms with Gasteiger partial charge in [0.15, 0.2) is 5.96 Å². The van der Waals surface area contributed by atoms with Crippen LogP contribution in [-0.4, -0.2) is 17.4 Å². The zero-order valence-electron chi connectivity index (χ0n) is 13.3. The van der Waals surface area contributed by atoms with Crippen LogP contribution in [-0.2, 0) is 6.54 Å². The van der Waals surface area contributed by atoms with Gasteiger partial charge in [0.1, 0.15) is 0 Å². The Bertz CT molecular complexity index is 657. The molecule has 1 aromatic carbocycles. The number of anilines is 1. The summed E-state index contributed by atoms with van der Waals surface area (Å²) in [6, 6.07) is 5.80. The molecule has 2 atom stereocenters. The van der Waals surface area contributed by atoms with Crippen molar-refractivity contribution in [2.45, 2.75) is 26.8 Å². The number of benzene rings is 1. The molecular weight excluding hydrogens is 272 g/mol. The van der Waals surface area contributed by atoms with Gasteiger partial charge in [-0.25, -0.2) is 4.99 Å². The van der Waals surface area contributed by atoms with Gasteiger partial charge in [-0.1, -0.05) is 32.1 Å². The standard InChI is InChI=1S/C16H18N4.C2H6/c17-13-4-5-15-12(6-13)9-20(16(18)19-15)8-11-3-1-2-10-7-14(10)11;1-2/h1-6,10,14H,7-9,17H2,(H2,18,19);1-2H3. The minimum Gasteiger partial charge on any atom is -0.399 e. The van der Waals surface area contributed by atoms with Crippen LogP contribution in [0.15, 0.2) is 47.0 Å². The second kappa shape index (κ2) is 5.87. The molecule has 1 saturated carbocycles. The van der Waals surface area contributed by atoms with Gasteiger partial charge in [0.05, 0.1) is 5.69 Å². The Kier molecular flexibility index (Phi) is 3.92. The average molecular weight is 296 g/mol. The largest absolute Gasteiger partial charge is 0.399 e. The molecule has 0 radical (unpaired) electrons. The van der Waals surface area contributed by atoms with Crippen molar-refractivity contribution >= 4 is 17.3 Å². The van der Waals surface area contributed by atoms with E-state index in [0.717, 1.165) is 41.9 Å². The summed E-state index contributed by atoms with van der Waals surface area (Å²) in [6.45, 7) is 5.66. The van der Waals surface area contributed by atoms with Crippen molar-refractivity contribution in [2.75, 3.05) is 12.3 Å². The molecule has 1 aromatic rings. The van der Waals surface area contributed by atoms with E-state index in [2.05, 4.69) is 28.1 Å². The molecule has 0 bridgehead atoms. The van der Waals surface area contributed by atoms with E-state index in [0.29, 0.717) is 5.96 Å². The van der Waals surface area contributed by atoms with Crippen molar-refractivity contribution in [3.63, 3.8) is 0 Å². The number of nitrogens with two attached hydrogens (primary N) is 2. The zero-order chi connectivity index (χ0) is 15.7. The molecule has 3 aliphatic rings. The van der Waals surface area contributed by atoms with Gasteiger partial charge >= 0.3 is 0 Å². The summed E-state index contributed by atoms with van der Waals surface area (Å²) in [5.74, 6) is 2.10. The van der Waals surface area contributed by atoms with Crippen molar-refractivity contribution < 1.29 is 0 Å². The average Bonchev–Trinajstić information content (AvgIpc) is 3.31. The third-order valence-electron chi connectivity index (χ3n) is 4.38. The lowest BCUT2D eigenvalue weighted by Gasteiger charge is -2.29. The molecule has 0 saturated heterocycles. The number of hydrogen-bond donors (Lipinski definition) is 2. The SMILES string of the molecule is CC.NC1=Nc2ccc(N)cc2CN1CC1=CC=CC2CC12. The highest BCUT2D eigenvalue weighted by atomic mass is 15.3. The summed E-state index contributed by atoms with van der Waals surface area (Å²) in [5.41, 5.74) is 16.3. The Morgan fingerprint density at radius 3 is 2.91 bits per heavy atom. The third-order valence-corrected chi connectivity index (χ3v) is 4.38. The highest BCUT2D eigenvalue weighted by Gasteiger charge is 2.39. The van der Waals surface area contributed by atoms with Gasteiger partial charge < -0.3 is 16.4 Å². The number of guanidine groups is 1. The molecular formula is C18H24N4. The van der Waals surface area contributed by atoms with Gasteiger partial charge in [-0.3, -0.25) is 0 Å². The maximum absolute atomic E-state index is 6.11. The number of fused-ring (bicyclic) bond motifs is 2. The van der Waals surface area contributed by atoms with Gasteiger partial charge in [0.25, 0.3) is 0 Å². The maximum Gasteiger partial charge on any atom is 0.197 e. The molecule has 1 fully saturated rings. The molecule has 0 spiro atoms. The summed E-state index contributed by atoms with van der Waals surface area (Å²) in [4.78, 5) is 6.63. The van der Waals surface area contributed by atoms with Crippen LogP contribution < -0.4 is 11.5 Å². The molecule has 1 heterocycles. The molecule has 2 aliphatic carbocycles. The number of hydrogen-bond acceptors (Lipinski definition) is 4. The Hall–Kier alpha value is -2.23. The second-order valence-corrected chi connectivity index (χ2v) is 5.85. The smallest absolute Gasteiger partial charge is 0.197 e. The fraction of sp³-hybridized carbons (Fsp3) is 0.389. The van der Waals surface area contributed by atoms with Crippen LogP contribution in [0.3, 0.4) is 0 Å². The lowest BCUT2D eigenvalue weighted by Crippen LogP contribution is -2.40. The quantitative estimate of drug-likeness (QED) is 0.824. The van der Waals surface area contributed by atoms with E-state index in [9.17, 15) is 0 Å². The lowest BCUT2D eigenvalue weighted by molar-refractivity contribution is 0.426. The first-order valence-corrected chi connectivity index (χ1v) is 8.05. The first-order valence-electron chi connectivity index (χ1n) is 8.05. The first-order chi connectivity index (χ1) is 10.7. The van der Waals surface area contributed by atoms with Crippen molar-refractivity contribution in [3.05, 3.63) is 47.6 Å². The minimum absolute atomic E-state index is 0.606. The van der Waals surface area contributed by atoms with Crippen molar-refractivity contribution in [2.24, 2.45) is 22.6 Å². The molecule has 0 amide bonds. The lowest BCUT2D eigenvalue weighted by atomic mass is 10.0. The Labute approximate surface area is 132 Å². The topological polar surface area (TPSA) is 67.6 Å². The van der Waals surface area contributed by atoms with Crippen LogP contribution in [0.25, 0.3) is 0 Å². The van der Waals surface area contributed by atoms with Gasteiger partial charge in [-0.05, 0) is 47.6 Å². The number of allylic oxidation sites excluding steroid dienone is 3. The predicted molar refractivity (Wildman–Crippen MR) is 92.7 cm³/mol. The summed E-state index contributed by atoms with van der Waals surface area (Å²) in [7, 11) is 0. The summed E-state index contributed by atoms with van der Waals surface area (Å²) >= 11 is 0. The molecule has 4 N–H and O–H groups in total. The van der Waals surface area contributed by atoms with Gasteiger partial charge in [0.2, 0.25) is 0 Å². The fourth-order valence-electron chi connectivity index (χ4n) is 3.15. The normalized spacial score (nSPS) is 24.4. The van der Waals surface area contributed by atoms with E-state index < -0.39 is 0 Å². The molecule has 22 heavy (non-hydrogen) atoms. The summed E-state index contributed by atoms with van der Waals surface area (Å²) < 4.78 is 0. The number of rotatable bonds is 2. The first kappa shape index (κ1) is 14.7. The molecule has 116 valence electrons. The highest BCUT2D eigenvalue weighted by Crippen LogP contribution is 2.47. The van der Waals surface area contributed by atoms with Crippen LogP contribution in [0.1, 0.15) is 25.8 Å². The van der Waals surface area contributed by atoms with Crippen LogP contribution >= 0.6 is 0 Å². The Balaban J connectivity index is 0.000000693. The van der Waals surface area contributed by atoms with Crippen LogP contribution in [0, 0.1) is 11.8 Å². The number of aliphatic imine (C=N–C) groups is 1. The van der Waals surface area contributed by atoms with Crippen molar-refractivity contribution in [1.29, 1.82) is 0 Å². The van der Waals surface area contributed by atoms with Crippen LogP contribution in [0.5, 0.6) is 0 Å². The number of nitrogens with zero attached hydrogens (tertiary/aromatic N) is 2. The molecule has 1 aliphatic heterocycles. The third kappa shape index (κ3) is 2.73. The van der Waals surface area contributed by atoms with Gasteiger partial charge in [-0.2, -0.15) is 0 Å². The Morgan fingerprint density at radius 2 is 2.09 bits per heavy atom. The maximum atomic E-state index is 6.11. The van der Waals surface area contributed by atoms with E-state index in [1.54, 1.807) is 0 Å². The van der Waals surface area contributed by atoms with E-state index >= 15 is 0 Å². The van der Waals surface area contributed by atoms with E-state index in [4.69, 9.17) is 11.5 Å². The minimum atomic E-state index is 0.606. The Morgan fingerprint density at radius 1 is 1.27 bits per heavy atom. The molecule has 0 aromatic heterocycles. The summed E-state index contributed by atoms with van der Waals surface area (Å²) in [5, 5.41) is 0. The molecule has 4 rings (SSSR count). The molecule has 2 unspecified atom stereocenters. The zero-order valence-corrected chi connectivity index (χ0v) is 13.3.